The minimum Gasteiger partial charge on any atom is -0.508 e. The van der Waals surface area contributed by atoms with Gasteiger partial charge in [-0.3, -0.25) is 0 Å². The summed E-state index contributed by atoms with van der Waals surface area (Å²) in [5, 5.41) is 12.5. The molecule has 2 atom stereocenters. The van der Waals surface area contributed by atoms with Crippen molar-refractivity contribution >= 4 is 17.6 Å². The molecule has 1 aliphatic rings. The average molecular weight is 355 g/mol. The summed E-state index contributed by atoms with van der Waals surface area (Å²) in [6.07, 6.45) is -0.942. The van der Waals surface area contributed by atoms with Crippen LogP contribution in [0.5, 0.6) is 5.75 Å². The zero-order valence-corrected chi connectivity index (χ0v) is 14.6. The Balaban J connectivity index is 1.84. The number of ether oxygens (including phenoxy) is 2. The Morgan fingerprint density at radius 1 is 1.19 bits per heavy atom. The van der Waals surface area contributed by atoms with Gasteiger partial charge in [-0.1, -0.05) is 44.2 Å². The van der Waals surface area contributed by atoms with Gasteiger partial charge in [-0.05, 0) is 29.8 Å². The lowest BCUT2D eigenvalue weighted by molar-refractivity contribution is -0.163. The summed E-state index contributed by atoms with van der Waals surface area (Å²) in [4.78, 5) is 24.8. The second-order valence-corrected chi connectivity index (χ2v) is 6.95. The lowest BCUT2D eigenvalue weighted by Crippen LogP contribution is -2.37. The fraction of sp³-hybridized carbons (Fsp3) is 0.300. The second kappa shape index (κ2) is 7.07. The number of hydrogen-bond acceptors (Lipinski definition) is 6. The van der Waals surface area contributed by atoms with Crippen LogP contribution in [0.25, 0.3) is 0 Å². The molecule has 0 aliphatic carbocycles. The molecule has 6 heteroatoms. The van der Waals surface area contributed by atoms with E-state index in [2.05, 4.69) is 5.32 Å². The van der Waals surface area contributed by atoms with Crippen LogP contribution in [0.3, 0.4) is 0 Å². The Labute approximate surface area is 151 Å². The maximum atomic E-state index is 12.9. The number of esters is 2. The van der Waals surface area contributed by atoms with Gasteiger partial charge in [0.1, 0.15) is 12.4 Å². The number of phenolic OH excluding ortho intramolecular Hbond substituents is 1. The van der Waals surface area contributed by atoms with E-state index >= 15 is 0 Å². The van der Waals surface area contributed by atoms with E-state index < -0.39 is 29.5 Å². The summed E-state index contributed by atoms with van der Waals surface area (Å²) in [6.45, 7) is 3.85. The van der Waals surface area contributed by atoms with Crippen molar-refractivity contribution in [1.82, 2.24) is 0 Å². The predicted molar refractivity (Wildman–Crippen MR) is 95.5 cm³/mol. The summed E-state index contributed by atoms with van der Waals surface area (Å²) in [7, 11) is 0. The molecule has 0 aromatic heterocycles. The van der Waals surface area contributed by atoms with Gasteiger partial charge < -0.3 is 19.9 Å². The third-order valence-corrected chi connectivity index (χ3v) is 4.29. The Hall–Kier alpha value is -3.02. The number of phenols is 1. The summed E-state index contributed by atoms with van der Waals surface area (Å²) in [5.41, 5.74) is 0.767. The maximum Gasteiger partial charge on any atom is 0.348 e. The van der Waals surface area contributed by atoms with Crippen LogP contribution in [0.1, 0.15) is 25.5 Å². The smallest absolute Gasteiger partial charge is 0.348 e. The first-order valence-corrected chi connectivity index (χ1v) is 8.34. The molecular formula is C20H21NO5. The van der Waals surface area contributed by atoms with Crippen molar-refractivity contribution in [3.63, 3.8) is 0 Å². The quantitative estimate of drug-likeness (QED) is 0.633. The molecule has 1 fully saturated rings. The van der Waals surface area contributed by atoms with Crippen LogP contribution in [-0.2, 0) is 19.1 Å². The minimum absolute atomic E-state index is 0.129. The van der Waals surface area contributed by atoms with Crippen LogP contribution < -0.4 is 5.32 Å². The Morgan fingerprint density at radius 2 is 1.85 bits per heavy atom. The topological polar surface area (TPSA) is 84.9 Å². The van der Waals surface area contributed by atoms with Crippen LogP contribution in [0.15, 0.2) is 54.6 Å². The largest absolute Gasteiger partial charge is 0.508 e. The van der Waals surface area contributed by atoms with E-state index in [1.54, 1.807) is 24.3 Å². The third kappa shape index (κ3) is 3.79. The van der Waals surface area contributed by atoms with Gasteiger partial charge in [0.2, 0.25) is 6.10 Å². The number of carbonyl (C=O) groups is 2. The molecular weight excluding hydrogens is 334 g/mol. The van der Waals surface area contributed by atoms with Gasteiger partial charge >= 0.3 is 11.9 Å². The van der Waals surface area contributed by atoms with Crippen molar-refractivity contribution < 1.29 is 24.2 Å². The molecule has 3 rings (SSSR count). The highest BCUT2D eigenvalue weighted by atomic mass is 16.6. The molecule has 1 heterocycles. The van der Waals surface area contributed by atoms with Crippen LogP contribution in [0, 0.1) is 5.41 Å². The number of benzene rings is 2. The van der Waals surface area contributed by atoms with Crippen LogP contribution in [-0.4, -0.2) is 29.8 Å². The van der Waals surface area contributed by atoms with Gasteiger partial charge in [0.25, 0.3) is 0 Å². The average Bonchev–Trinajstić information content (AvgIpc) is 2.88. The third-order valence-electron chi connectivity index (χ3n) is 4.29. The van der Waals surface area contributed by atoms with E-state index in [9.17, 15) is 14.7 Å². The van der Waals surface area contributed by atoms with Crippen molar-refractivity contribution in [2.45, 2.75) is 26.0 Å². The van der Waals surface area contributed by atoms with Crippen molar-refractivity contribution in [2.75, 3.05) is 11.9 Å². The van der Waals surface area contributed by atoms with Gasteiger partial charge in [0, 0.05) is 11.1 Å². The fourth-order valence-electron chi connectivity index (χ4n) is 2.77. The monoisotopic (exact) mass is 355 g/mol. The fourth-order valence-corrected chi connectivity index (χ4v) is 2.77. The summed E-state index contributed by atoms with van der Waals surface area (Å²) in [5.74, 6) is -0.967. The number of cyclic esters (lactones) is 1. The summed E-state index contributed by atoms with van der Waals surface area (Å²) >= 11 is 0. The zero-order chi connectivity index (χ0) is 18.7. The number of anilines is 1. The molecule has 136 valence electrons. The Bertz CT molecular complexity index is 786. The van der Waals surface area contributed by atoms with Crippen LogP contribution in [0.2, 0.25) is 0 Å². The predicted octanol–water partition coefficient (Wildman–Crippen LogP) is 3.04. The lowest BCUT2D eigenvalue weighted by Gasteiger charge is -2.25. The number of carbonyl (C=O) groups excluding carboxylic acids is 2. The normalized spacial score (nSPS) is 19.5. The molecule has 2 N–H and O–H groups in total. The summed E-state index contributed by atoms with van der Waals surface area (Å²) in [6, 6.07) is 14.7. The Morgan fingerprint density at radius 3 is 2.42 bits per heavy atom. The highest BCUT2D eigenvalue weighted by molar-refractivity contribution is 5.86. The van der Waals surface area contributed by atoms with Gasteiger partial charge in [0.15, 0.2) is 6.04 Å². The SMILES string of the molecule is CC1(C)COC(=O)[C@@H]1OC(=O)[C@@H](Nc1ccc(O)cc1)c1ccccc1. The van der Waals surface area contributed by atoms with Gasteiger partial charge in [-0.15, -0.1) is 0 Å². The minimum atomic E-state index is -0.942. The van der Waals surface area contributed by atoms with E-state index in [1.165, 1.54) is 12.1 Å². The van der Waals surface area contributed by atoms with Gasteiger partial charge in [-0.25, -0.2) is 9.59 Å². The molecule has 2 aromatic carbocycles. The molecule has 0 saturated carbocycles. The van der Waals surface area contributed by atoms with E-state index in [-0.39, 0.29) is 12.4 Å². The molecule has 0 unspecified atom stereocenters. The standard InChI is InChI=1S/C20H21NO5/c1-20(2)12-25-19(24)17(20)26-18(23)16(13-6-4-3-5-7-13)21-14-8-10-15(22)11-9-14/h3-11,16-17,21-22H,12H2,1-2H3/t16-,17-/m0/s1. The number of aromatic hydroxyl groups is 1. The first kappa shape index (κ1) is 17.8. The molecule has 0 spiro atoms. The highest BCUT2D eigenvalue weighted by Gasteiger charge is 2.47. The zero-order valence-electron chi connectivity index (χ0n) is 14.6. The van der Waals surface area contributed by atoms with Crippen molar-refractivity contribution in [3.05, 3.63) is 60.2 Å². The van der Waals surface area contributed by atoms with E-state index in [0.717, 1.165) is 0 Å². The second-order valence-electron chi connectivity index (χ2n) is 6.95. The van der Waals surface area contributed by atoms with Crippen LogP contribution >= 0.6 is 0 Å². The first-order valence-electron chi connectivity index (χ1n) is 8.34. The van der Waals surface area contributed by atoms with Gasteiger partial charge in [-0.2, -0.15) is 0 Å². The van der Waals surface area contributed by atoms with E-state index in [0.29, 0.717) is 11.3 Å². The van der Waals surface area contributed by atoms with Gasteiger partial charge in [0.05, 0.1) is 0 Å². The number of hydrogen-bond donors (Lipinski definition) is 2. The summed E-state index contributed by atoms with van der Waals surface area (Å²) < 4.78 is 10.6. The van der Waals surface area contributed by atoms with E-state index in [1.807, 2.05) is 32.0 Å². The number of rotatable bonds is 5. The maximum absolute atomic E-state index is 12.9. The highest BCUT2D eigenvalue weighted by Crippen LogP contribution is 2.33. The molecule has 0 amide bonds. The van der Waals surface area contributed by atoms with Crippen molar-refractivity contribution in [3.8, 4) is 5.75 Å². The molecule has 6 nitrogen and oxygen atoms in total. The first-order chi connectivity index (χ1) is 12.4. The van der Waals surface area contributed by atoms with Crippen LogP contribution in [0.4, 0.5) is 5.69 Å². The molecule has 1 aliphatic heterocycles. The lowest BCUT2D eigenvalue weighted by atomic mass is 9.89. The van der Waals surface area contributed by atoms with E-state index in [4.69, 9.17) is 9.47 Å². The molecule has 2 aromatic rings. The van der Waals surface area contributed by atoms with Crippen molar-refractivity contribution in [2.24, 2.45) is 5.41 Å². The molecule has 0 bridgehead atoms. The Kier molecular flexibility index (Phi) is 4.84. The number of nitrogens with one attached hydrogen (secondary N) is 1. The molecule has 26 heavy (non-hydrogen) atoms. The molecule has 1 saturated heterocycles. The van der Waals surface area contributed by atoms with Crippen molar-refractivity contribution in [1.29, 1.82) is 0 Å². The molecule has 0 radical (unpaired) electrons.